The van der Waals surface area contributed by atoms with Crippen LogP contribution >= 0.6 is 0 Å². The molecule has 80 valence electrons. The molecule has 1 aromatic rings. The van der Waals surface area contributed by atoms with Crippen molar-refractivity contribution in [3.8, 4) is 0 Å². The lowest BCUT2D eigenvalue weighted by molar-refractivity contribution is 0.665. The molecule has 1 saturated carbocycles. The smallest absolute Gasteiger partial charge is 0.0774 e. The minimum Gasteiger partial charge on any atom is -0.277 e. The topological polar surface area (TPSA) is 37.3 Å². The average molecular weight is 203 g/mol. The van der Waals surface area contributed by atoms with Gasteiger partial charge in [0, 0.05) is 11.9 Å². The van der Waals surface area contributed by atoms with Crippen molar-refractivity contribution in [3.05, 3.63) is 24.0 Å². The van der Waals surface area contributed by atoms with E-state index in [9.17, 15) is 0 Å². The second-order valence-electron chi connectivity index (χ2n) is 3.99. The number of hydrogen-bond acceptors (Lipinski definition) is 3. The molecule has 1 heterocycles. The van der Waals surface area contributed by atoms with Gasteiger partial charge in [-0.2, -0.15) is 5.10 Å². The summed E-state index contributed by atoms with van der Waals surface area (Å²) in [7, 11) is 0. The van der Waals surface area contributed by atoms with Crippen molar-refractivity contribution in [2.24, 2.45) is 5.10 Å². The second-order valence-corrected chi connectivity index (χ2v) is 3.99. The van der Waals surface area contributed by atoms with Gasteiger partial charge in [0.1, 0.15) is 0 Å². The predicted octanol–water partition coefficient (Wildman–Crippen LogP) is 3.12. The third-order valence-electron chi connectivity index (χ3n) is 2.77. The molecule has 0 aliphatic heterocycles. The third-order valence-corrected chi connectivity index (χ3v) is 2.77. The van der Waals surface area contributed by atoms with Crippen LogP contribution in [0.1, 0.15) is 37.8 Å². The molecule has 0 bridgehead atoms. The molecule has 1 aliphatic rings. The van der Waals surface area contributed by atoms with Crippen LogP contribution in [0, 0.1) is 6.92 Å². The van der Waals surface area contributed by atoms with Crippen LogP contribution in [0.3, 0.4) is 0 Å². The summed E-state index contributed by atoms with van der Waals surface area (Å²) in [6, 6.07) is 3.94. The zero-order valence-electron chi connectivity index (χ0n) is 9.16. The van der Waals surface area contributed by atoms with Gasteiger partial charge in [-0.05, 0) is 44.7 Å². The largest absolute Gasteiger partial charge is 0.277 e. The number of aryl methyl sites for hydroxylation is 1. The van der Waals surface area contributed by atoms with Crippen LogP contribution in [0.25, 0.3) is 0 Å². The molecule has 0 atom stereocenters. The quantitative estimate of drug-likeness (QED) is 0.750. The lowest BCUT2D eigenvalue weighted by Gasteiger charge is -2.12. The highest BCUT2D eigenvalue weighted by Gasteiger charge is 2.06. The zero-order valence-corrected chi connectivity index (χ0v) is 9.16. The maximum Gasteiger partial charge on any atom is 0.0774 e. The minimum atomic E-state index is 0.998. The summed E-state index contributed by atoms with van der Waals surface area (Å²) in [5.74, 6) is 0. The van der Waals surface area contributed by atoms with E-state index in [1.807, 2.05) is 19.1 Å². The van der Waals surface area contributed by atoms with E-state index in [-0.39, 0.29) is 0 Å². The zero-order chi connectivity index (χ0) is 10.5. The highest BCUT2D eigenvalue weighted by Crippen LogP contribution is 2.16. The maximum absolute atomic E-state index is 4.44. The molecule has 1 N–H and O–H groups in total. The summed E-state index contributed by atoms with van der Waals surface area (Å²) in [6.45, 7) is 1.99. The molecular weight excluding hydrogens is 186 g/mol. The monoisotopic (exact) mass is 203 g/mol. The van der Waals surface area contributed by atoms with Crippen molar-refractivity contribution in [2.45, 2.75) is 39.0 Å². The van der Waals surface area contributed by atoms with E-state index in [2.05, 4.69) is 15.5 Å². The Morgan fingerprint density at radius 3 is 2.80 bits per heavy atom. The molecule has 0 saturated heterocycles. The fraction of sp³-hybridized carbons (Fsp3) is 0.500. The molecule has 0 spiro atoms. The third kappa shape index (κ3) is 2.78. The summed E-state index contributed by atoms with van der Waals surface area (Å²) >= 11 is 0. The Labute approximate surface area is 90.6 Å². The van der Waals surface area contributed by atoms with Crippen molar-refractivity contribution >= 4 is 11.4 Å². The van der Waals surface area contributed by atoms with E-state index in [0.717, 1.165) is 24.2 Å². The Morgan fingerprint density at radius 1 is 1.27 bits per heavy atom. The van der Waals surface area contributed by atoms with E-state index in [1.165, 1.54) is 25.0 Å². The van der Waals surface area contributed by atoms with Gasteiger partial charge in [0.15, 0.2) is 0 Å². The number of hydrazone groups is 1. The predicted molar refractivity (Wildman–Crippen MR) is 63.1 cm³/mol. The van der Waals surface area contributed by atoms with Crippen LogP contribution < -0.4 is 5.43 Å². The Hall–Kier alpha value is -1.38. The molecule has 1 aromatic heterocycles. The van der Waals surface area contributed by atoms with Crippen molar-refractivity contribution in [1.29, 1.82) is 0 Å². The van der Waals surface area contributed by atoms with Gasteiger partial charge in [-0.25, -0.2) is 0 Å². The van der Waals surface area contributed by atoms with Gasteiger partial charge >= 0.3 is 0 Å². The number of aromatic nitrogens is 1. The first-order valence-corrected chi connectivity index (χ1v) is 5.59. The number of pyridine rings is 1. The first kappa shape index (κ1) is 10.1. The molecule has 2 rings (SSSR count). The molecule has 1 fully saturated rings. The summed E-state index contributed by atoms with van der Waals surface area (Å²) in [4.78, 5) is 4.21. The molecule has 0 aromatic carbocycles. The fourth-order valence-electron chi connectivity index (χ4n) is 1.81. The average Bonchev–Trinajstić information content (AvgIpc) is 2.29. The number of nitrogens with zero attached hydrogens (tertiary/aromatic N) is 2. The van der Waals surface area contributed by atoms with Gasteiger partial charge in [-0.15, -0.1) is 0 Å². The Morgan fingerprint density at radius 2 is 2.07 bits per heavy atom. The number of anilines is 1. The van der Waals surface area contributed by atoms with Gasteiger partial charge in [0.25, 0.3) is 0 Å². The number of hydrogen-bond donors (Lipinski definition) is 1. The van der Waals surface area contributed by atoms with Crippen molar-refractivity contribution in [2.75, 3.05) is 5.43 Å². The molecule has 15 heavy (non-hydrogen) atoms. The minimum absolute atomic E-state index is 0.998. The van der Waals surface area contributed by atoms with E-state index >= 15 is 0 Å². The number of rotatable bonds is 2. The van der Waals surface area contributed by atoms with E-state index in [4.69, 9.17) is 0 Å². The summed E-state index contributed by atoms with van der Waals surface area (Å²) < 4.78 is 0. The van der Waals surface area contributed by atoms with Crippen LogP contribution in [0.5, 0.6) is 0 Å². The van der Waals surface area contributed by atoms with E-state index in [0.29, 0.717) is 0 Å². The van der Waals surface area contributed by atoms with E-state index in [1.54, 1.807) is 6.20 Å². The molecular formula is C12H17N3. The van der Waals surface area contributed by atoms with Crippen LogP contribution in [0.4, 0.5) is 5.69 Å². The van der Waals surface area contributed by atoms with E-state index < -0.39 is 0 Å². The Balaban J connectivity index is 2.00. The van der Waals surface area contributed by atoms with Crippen molar-refractivity contribution in [1.82, 2.24) is 4.98 Å². The Bertz CT molecular complexity index is 350. The first-order chi connectivity index (χ1) is 7.36. The van der Waals surface area contributed by atoms with Crippen LogP contribution in [0.2, 0.25) is 0 Å². The highest BCUT2D eigenvalue weighted by atomic mass is 15.3. The SMILES string of the molecule is Cc1ncccc1NN=C1CCCCC1. The molecule has 0 unspecified atom stereocenters. The van der Waals surface area contributed by atoms with Crippen LogP contribution in [0.15, 0.2) is 23.4 Å². The maximum atomic E-state index is 4.44. The summed E-state index contributed by atoms with van der Waals surface area (Å²) in [5, 5.41) is 4.44. The first-order valence-electron chi connectivity index (χ1n) is 5.59. The lowest BCUT2D eigenvalue weighted by atomic mass is 9.99. The normalized spacial score (nSPS) is 16.2. The molecule has 0 amide bonds. The molecule has 1 aliphatic carbocycles. The van der Waals surface area contributed by atoms with Crippen LogP contribution in [-0.4, -0.2) is 10.7 Å². The van der Waals surface area contributed by atoms with Gasteiger partial charge in [-0.3, -0.25) is 10.4 Å². The van der Waals surface area contributed by atoms with Crippen LogP contribution in [-0.2, 0) is 0 Å². The van der Waals surface area contributed by atoms with Gasteiger partial charge in [-0.1, -0.05) is 6.42 Å². The molecule has 0 radical (unpaired) electrons. The molecule has 3 nitrogen and oxygen atoms in total. The van der Waals surface area contributed by atoms with Crippen molar-refractivity contribution in [3.63, 3.8) is 0 Å². The summed E-state index contributed by atoms with van der Waals surface area (Å²) in [5.41, 5.74) is 6.41. The lowest BCUT2D eigenvalue weighted by Crippen LogP contribution is -2.07. The fourth-order valence-corrected chi connectivity index (χ4v) is 1.81. The molecule has 3 heteroatoms. The standard InChI is InChI=1S/C12H17N3/c1-10-12(8-5-9-13-10)15-14-11-6-3-2-4-7-11/h5,8-9,15H,2-4,6-7H2,1H3. The summed E-state index contributed by atoms with van der Waals surface area (Å²) in [6.07, 6.45) is 8.01. The van der Waals surface area contributed by atoms with Gasteiger partial charge in [0.05, 0.1) is 11.4 Å². The van der Waals surface area contributed by atoms with Crippen molar-refractivity contribution < 1.29 is 0 Å². The highest BCUT2D eigenvalue weighted by molar-refractivity contribution is 5.85. The Kier molecular flexibility index (Phi) is 3.33. The van der Waals surface area contributed by atoms with Gasteiger partial charge in [0.2, 0.25) is 0 Å². The second kappa shape index (κ2) is 4.91. The van der Waals surface area contributed by atoms with Gasteiger partial charge < -0.3 is 0 Å². The number of nitrogens with one attached hydrogen (secondary N) is 1.